The van der Waals surface area contributed by atoms with Gasteiger partial charge in [-0.15, -0.1) is 11.3 Å². The van der Waals surface area contributed by atoms with Gasteiger partial charge in [0, 0.05) is 35.4 Å². The molecule has 5 heteroatoms. The van der Waals surface area contributed by atoms with Crippen molar-refractivity contribution in [3.05, 3.63) is 34.0 Å². The number of hydrogen-bond donors (Lipinski definition) is 1. The van der Waals surface area contributed by atoms with Crippen LogP contribution in [0.3, 0.4) is 0 Å². The number of hydrogen-bond acceptors (Lipinski definition) is 4. The Morgan fingerprint density at radius 1 is 1.53 bits per heavy atom. The lowest BCUT2D eigenvalue weighted by Crippen LogP contribution is -2.15. The zero-order valence-electron chi connectivity index (χ0n) is 9.89. The fourth-order valence-electron chi connectivity index (χ4n) is 1.84. The molecule has 17 heavy (non-hydrogen) atoms. The molecule has 3 rings (SSSR count). The van der Waals surface area contributed by atoms with E-state index in [2.05, 4.69) is 28.5 Å². The molecule has 0 amide bonds. The zero-order chi connectivity index (χ0) is 11.7. The molecule has 1 saturated carbocycles. The van der Waals surface area contributed by atoms with Crippen molar-refractivity contribution in [1.82, 2.24) is 20.1 Å². The number of aromatic nitrogens is 3. The van der Waals surface area contributed by atoms with Crippen molar-refractivity contribution < 1.29 is 0 Å². The summed E-state index contributed by atoms with van der Waals surface area (Å²) in [7, 11) is 0. The van der Waals surface area contributed by atoms with E-state index in [-0.39, 0.29) is 0 Å². The molecule has 1 aliphatic rings. The summed E-state index contributed by atoms with van der Waals surface area (Å²) in [6.07, 6.45) is 6.70. The van der Waals surface area contributed by atoms with Gasteiger partial charge in [0.1, 0.15) is 0 Å². The van der Waals surface area contributed by atoms with E-state index < -0.39 is 0 Å². The van der Waals surface area contributed by atoms with E-state index in [4.69, 9.17) is 0 Å². The van der Waals surface area contributed by atoms with Crippen molar-refractivity contribution in [2.75, 3.05) is 0 Å². The largest absolute Gasteiger partial charge is 0.310 e. The first-order valence-electron chi connectivity index (χ1n) is 5.95. The third-order valence-electron chi connectivity index (χ3n) is 3.01. The molecule has 1 fully saturated rings. The lowest BCUT2D eigenvalue weighted by Gasteiger charge is -1.99. The van der Waals surface area contributed by atoms with Crippen LogP contribution in [-0.2, 0) is 13.1 Å². The van der Waals surface area contributed by atoms with Gasteiger partial charge >= 0.3 is 0 Å². The second kappa shape index (κ2) is 4.58. The Morgan fingerprint density at radius 3 is 3.12 bits per heavy atom. The van der Waals surface area contributed by atoms with Crippen LogP contribution in [0.4, 0.5) is 0 Å². The van der Waals surface area contributed by atoms with Crippen LogP contribution in [0, 0.1) is 6.92 Å². The zero-order valence-corrected chi connectivity index (χ0v) is 10.7. The summed E-state index contributed by atoms with van der Waals surface area (Å²) < 4.78 is 2.01. The van der Waals surface area contributed by atoms with Crippen LogP contribution in [0.5, 0.6) is 0 Å². The third-order valence-corrected chi connectivity index (χ3v) is 3.77. The van der Waals surface area contributed by atoms with E-state index in [0.29, 0.717) is 0 Å². The highest BCUT2D eigenvalue weighted by Crippen LogP contribution is 2.20. The maximum absolute atomic E-state index is 4.54. The van der Waals surface area contributed by atoms with Crippen LogP contribution in [0.1, 0.15) is 29.0 Å². The summed E-state index contributed by atoms with van der Waals surface area (Å²) in [5.74, 6) is 0. The summed E-state index contributed by atoms with van der Waals surface area (Å²) in [5.41, 5.74) is 4.30. The van der Waals surface area contributed by atoms with Gasteiger partial charge in [0.2, 0.25) is 0 Å². The minimum atomic E-state index is 0.749. The van der Waals surface area contributed by atoms with Crippen LogP contribution >= 0.6 is 11.3 Å². The van der Waals surface area contributed by atoms with E-state index in [1.165, 1.54) is 23.3 Å². The quantitative estimate of drug-likeness (QED) is 0.879. The highest BCUT2D eigenvalue weighted by Gasteiger charge is 2.20. The molecule has 90 valence electrons. The molecule has 0 aromatic carbocycles. The summed E-state index contributed by atoms with van der Waals surface area (Å²) >= 11 is 1.67. The normalized spacial score (nSPS) is 15.4. The van der Waals surface area contributed by atoms with Crippen LogP contribution in [0.2, 0.25) is 0 Å². The number of nitrogens with zero attached hydrogens (tertiary/aromatic N) is 3. The fraction of sp³-hybridized carbons (Fsp3) is 0.500. The smallest absolute Gasteiger partial charge is 0.0794 e. The van der Waals surface area contributed by atoms with Gasteiger partial charge in [-0.3, -0.25) is 9.67 Å². The molecule has 0 atom stereocenters. The van der Waals surface area contributed by atoms with Gasteiger partial charge in [-0.25, -0.2) is 0 Å². The number of rotatable bonds is 5. The third kappa shape index (κ3) is 2.73. The first-order chi connectivity index (χ1) is 8.31. The van der Waals surface area contributed by atoms with Gasteiger partial charge in [-0.1, -0.05) is 0 Å². The minimum Gasteiger partial charge on any atom is -0.310 e. The lowest BCUT2D eigenvalue weighted by molar-refractivity contribution is 0.678. The highest BCUT2D eigenvalue weighted by atomic mass is 32.1. The molecule has 1 N–H and O–H groups in total. The lowest BCUT2D eigenvalue weighted by atomic mass is 10.2. The van der Waals surface area contributed by atoms with Crippen molar-refractivity contribution in [2.24, 2.45) is 0 Å². The van der Waals surface area contributed by atoms with Crippen molar-refractivity contribution in [2.45, 2.75) is 38.9 Å². The SMILES string of the molecule is Cc1nn(Cc2cncs2)cc1CNC1CC1. The predicted octanol–water partition coefficient (Wildman–Crippen LogP) is 1.95. The monoisotopic (exact) mass is 248 g/mol. The second-order valence-electron chi connectivity index (χ2n) is 4.56. The summed E-state index contributed by atoms with van der Waals surface area (Å²) in [6.45, 7) is 3.85. The highest BCUT2D eigenvalue weighted by molar-refractivity contribution is 7.09. The van der Waals surface area contributed by atoms with Crippen molar-refractivity contribution in [3.8, 4) is 0 Å². The molecular weight excluding hydrogens is 232 g/mol. The molecule has 0 radical (unpaired) electrons. The van der Waals surface area contributed by atoms with E-state index >= 15 is 0 Å². The number of thiazole rings is 1. The second-order valence-corrected chi connectivity index (χ2v) is 5.53. The van der Waals surface area contributed by atoms with Crippen LogP contribution < -0.4 is 5.32 Å². The molecule has 2 aromatic rings. The van der Waals surface area contributed by atoms with Crippen LogP contribution in [0.15, 0.2) is 17.9 Å². The summed E-state index contributed by atoms with van der Waals surface area (Å²) in [5, 5.41) is 8.06. The Kier molecular flexibility index (Phi) is 2.94. The Morgan fingerprint density at radius 2 is 2.41 bits per heavy atom. The van der Waals surface area contributed by atoms with Crippen molar-refractivity contribution in [1.29, 1.82) is 0 Å². The first kappa shape index (κ1) is 10.9. The molecule has 1 aliphatic carbocycles. The van der Waals surface area contributed by atoms with Gasteiger partial charge in [0.25, 0.3) is 0 Å². The van der Waals surface area contributed by atoms with Gasteiger partial charge < -0.3 is 5.32 Å². The Labute approximate surface area is 105 Å². The average Bonchev–Trinajstić information content (AvgIpc) is 2.88. The molecule has 0 aliphatic heterocycles. The average molecular weight is 248 g/mol. The molecule has 0 spiro atoms. The van der Waals surface area contributed by atoms with Gasteiger partial charge in [0.15, 0.2) is 0 Å². The Hall–Kier alpha value is -1.20. The van der Waals surface area contributed by atoms with Gasteiger partial charge in [0.05, 0.1) is 17.7 Å². The molecular formula is C12H16N4S. The first-order valence-corrected chi connectivity index (χ1v) is 6.83. The minimum absolute atomic E-state index is 0.749. The molecule has 4 nitrogen and oxygen atoms in total. The Balaban J connectivity index is 1.66. The number of nitrogens with one attached hydrogen (secondary N) is 1. The van der Waals surface area contributed by atoms with Crippen molar-refractivity contribution in [3.63, 3.8) is 0 Å². The summed E-state index contributed by atoms with van der Waals surface area (Å²) in [6, 6.07) is 0.749. The fourth-order valence-corrected chi connectivity index (χ4v) is 2.42. The topological polar surface area (TPSA) is 42.7 Å². The van der Waals surface area contributed by atoms with Gasteiger partial charge in [-0.05, 0) is 19.8 Å². The number of aryl methyl sites for hydroxylation is 1. The van der Waals surface area contributed by atoms with E-state index in [1.807, 2.05) is 16.4 Å². The van der Waals surface area contributed by atoms with E-state index in [0.717, 1.165) is 24.8 Å². The standard InChI is InChI=1S/C12H16N4S/c1-9-10(4-14-11-2-3-11)6-16(15-9)7-12-5-13-8-17-12/h5-6,8,11,14H,2-4,7H2,1H3. The van der Waals surface area contributed by atoms with Gasteiger partial charge in [-0.2, -0.15) is 5.10 Å². The van der Waals surface area contributed by atoms with Crippen LogP contribution in [-0.4, -0.2) is 20.8 Å². The maximum Gasteiger partial charge on any atom is 0.0794 e. The molecule has 0 unspecified atom stereocenters. The van der Waals surface area contributed by atoms with Crippen LogP contribution in [0.25, 0.3) is 0 Å². The molecule has 2 aromatic heterocycles. The molecule has 2 heterocycles. The molecule has 0 saturated heterocycles. The Bertz CT molecular complexity index is 485. The van der Waals surface area contributed by atoms with E-state index in [9.17, 15) is 0 Å². The predicted molar refractivity (Wildman–Crippen MR) is 68.0 cm³/mol. The molecule has 0 bridgehead atoms. The summed E-state index contributed by atoms with van der Waals surface area (Å²) in [4.78, 5) is 5.33. The van der Waals surface area contributed by atoms with E-state index in [1.54, 1.807) is 11.3 Å². The maximum atomic E-state index is 4.54. The van der Waals surface area contributed by atoms with Crippen molar-refractivity contribution >= 4 is 11.3 Å².